The van der Waals surface area contributed by atoms with Gasteiger partial charge in [0.05, 0.1) is 22.1 Å². The number of fused-ring (bicyclic) bond motifs is 6. The molecule has 0 radical (unpaired) electrons. The molecule has 0 amide bonds. The summed E-state index contributed by atoms with van der Waals surface area (Å²) >= 11 is 0. The standard InChI is InChI=1S/C62H42N4/c1-35-63-54-29-27-39(32-56(54)65(35)3)42-20-11-23-48-51(42)34-52-43(40-28-30-55-57(33-40)66(4)36(2)64-55)21-12-24-49(52)62(48)61-46-18-7-5-16-44(46)60(45-17-6-8-19-47(45)61)53-31-41-15-9-13-37-25-26-38-14-10-22-50(53)59(38)58(37)41/h5-34H,1-4H3. The Balaban J connectivity index is 1.14. The van der Waals surface area contributed by atoms with Crippen molar-refractivity contribution in [3.05, 3.63) is 194 Å². The molecule has 0 fully saturated rings. The summed E-state index contributed by atoms with van der Waals surface area (Å²) in [5.74, 6) is 2.01. The van der Waals surface area contributed by atoms with Crippen LogP contribution in [-0.4, -0.2) is 19.1 Å². The smallest absolute Gasteiger partial charge is 0.106 e. The molecule has 2 heterocycles. The van der Waals surface area contributed by atoms with Gasteiger partial charge in [-0.1, -0.05) is 146 Å². The third kappa shape index (κ3) is 5.10. The number of imidazole rings is 2. The Kier molecular flexibility index (Phi) is 7.63. The summed E-state index contributed by atoms with van der Waals surface area (Å²) in [6.45, 7) is 4.15. The molecule has 0 saturated carbocycles. The van der Waals surface area contributed by atoms with Crippen LogP contribution < -0.4 is 0 Å². The molecule has 0 saturated heterocycles. The first-order chi connectivity index (χ1) is 32.4. The van der Waals surface area contributed by atoms with Crippen molar-refractivity contribution in [2.45, 2.75) is 13.8 Å². The number of nitrogens with zero attached hydrogens (tertiary/aromatic N) is 4. The van der Waals surface area contributed by atoms with E-state index in [4.69, 9.17) is 9.97 Å². The van der Waals surface area contributed by atoms with Crippen LogP contribution in [0, 0.1) is 13.8 Å². The van der Waals surface area contributed by atoms with Crippen LogP contribution in [0.1, 0.15) is 11.6 Å². The molecule has 0 spiro atoms. The zero-order chi connectivity index (χ0) is 43.9. The average molecular weight is 843 g/mol. The van der Waals surface area contributed by atoms with Crippen LogP contribution in [0.4, 0.5) is 0 Å². The van der Waals surface area contributed by atoms with Crippen LogP contribution in [0.15, 0.2) is 182 Å². The topological polar surface area (TPSA) is 35.6 Å². The van der Waals surface area contributed by atoms with Crippen molar-refractivity contribution in [3.63, 3.8) is 0 Å². The molecule has 14 aromatic rings. The van der Waals surface area contributed by atoms with E-state index in [1.165, 1.54) is 120 Å². The highest BCUT2D eigenvalue weighted by molar-refractivity contribution is 6.33. The van der Waals surface area contributed by atoms with Crippen LogP contribution >= 0.6 is 0 Å². The van der Waals surface area contributed by atoms with E-state index in [9.17, 15) is 0 Å². The second-order valence-electron chi connectivity index (χ2n) is 18.2. The number of aromatic nitrogens is 4. The number of hydrogen-bond acceptors (Lipinski definition) is 2. The molecule has 66 heavy (non-hydrogen) atoms. The van der Waals surface area contributed by atoms with Gasteiger partial charge in [-0.15, -0.1) is 0 Å². The third-order valence-electron chi connectivity index (χ3n) is 14.8. The molecule has 0 bridgehead atoms. The second kappa shape index (κ2) is 13.6. The molecule has 4 nitrogen and oxygen atoms in total. The van der Waals surface area contributed by atoms with Gasteiger partial charge in [0, 0.05) is 14.1 Å². The molecular weight excluding hydrogens is 801 g/mol. The van der Waals surface area contributed by atoms with Crippen LogP contribution in [0.2, 0.25) is 0 Å². The predicted octanol–water partition coefficient (Wildman–Crippen LogP) is 16.3. The maximum Gasteiger partial charge on any atom is 0.106 e. The number of rotatable bonds is 4. The number of aryl methyl sites for hydroxylation is 4. The zero-order valence-electron chi connectivity index (χ0n) is 37.1. The first kappa shape index (κ1) is 37.1. The normalized spacial score (nSPS) is 12.2. The molecule has 0 atom stereocenters. The summed E-state index contributed by atoms with van der Waals surface area (Å²) < 4.78 is 4.39. The summed E-state index contributed by atoms with van der Waals surface area (Å²) in [6.07, 6.45) is 0. The van der Waals surface area contributed by atoms with Gasteiger partial charge in [0.1, 0.15) is 11.6 Å². The molecule has 0 N–H and O–H groups in total. The molecule has 12 aromatic carbocycles. The summed E-state index contributed by atoms with van der Waals surface area (Å²) in [5, 5.41) is 17.6. The molecule has 0 aliphatic rings. The predicted molar refractivity (Wildman–Crippen MR) is 280 cm³/mol. The van der Waals surface area contributed by atoms with Crippen molar-refractivity contribution < 1.29 is 0 Å². The van der Waals surface area contributed by atoms with E-state index in [-0.39, 0.29) is 0 Å². The fraction of sp³-hybridized carbons (Fsp3) is 0.0645. The first-order valence-corrected chi connectivity index (χ1v) is 22.9. The Bertz CT molecular complexity index is 4190. The number of hydrogen-bond donors (Lipinski definition) is 0. The van der Waals surface area contributed by atoms with Crippen molar-refractivity contribution in [3.8, 4) is 44.5 Å². The Hall–Kier alpha value is -8.34. The lowest BCUT2D eigenvalue weighted by Gasteiger charge is -2.23. The Morgan fingerprint density at radius 1 is 0.318 bits per heavy atom. The van der Waals surface area contributed by atoms with E-state index in [0.717, 1.165) is 33.7 Å². The van der Waals surface area contributed by atoms with Crippen LogP contribution in [0.5, 0.6) is 0 Å². The molecular formula is C62H42N4. The summed E-state index contributed by atoms with van der Waals surface area (Å²) in [7, 11) is 4.22. The van der Waals surface area contributed by atoms with E-state index in [2.05, 4.69) is 219 Å². The molecule has 4 heteroatoms. The van der Waals surface area contributed by atoms with Gasteiger partial charge < -0.3 is 9.13 Å². The third-order valence-corrected chi connectivity index (χ3v) is 14.8. The van der Waals surface area contributed by atoms with Gasteiger partial charge in [-0.05, 0) is 170 Å². The number of benzene rings is 12. The minimum atomic E-state index is 1.00. The van der Waals surface area contributed by atoms with Crippen molar-refractivity contribution in [1.29, 1.82) is 0 Å². The fourth-order valence-corrected chi connectivity index (χ4v) is 11.6. The quantitative estimate of drug-likeness (QED) is 0.131. The van der Waals surface area contributed by atoms with Gasteiger partial charge >= 0.3 is 0 Å². The van der Waals surface area contributed by atoms with E-state index < -0.39 is 0 Å². The highest BCUT2D eigenvalue weighted by Crippen LogP contribution is 2.52. The maximum absolute atomic E-state index is 4.86. The molecule has 0 unspecified atom stereocenters. The Morgan fingerprint density at radius 2 is 0.742 bits per heavy atom. The van der Waals surface area contributed by atoms with Crippen LogP contribution in [0.25, 0.3) is 142 Å². The van der Waals surface area contributed by atoms with Gasteiger partial charge in [0.25, 0.3) is 0 Å². The first-order valence-electron chi connectivity index (χ1n) is 22.9. The minimum Gasteiger partial charge on any atom is -0.331 e. The molecule has 310 valence electrons. The van der Waals surface area contributed by atoms with Gasteiger partial charge in [-0.3, -0.25) is 0 Å². The van der Waals surface area contributed by atoms with Crippen LogP contribution in [0.3, 0.4) is 0 Å². The Morgan fingerprint density at radius 3 is 1.29 bits per heavy atom. The lowest BCUT2D eigenvalue weighted by Crippen LogP contribution is -1.95. The molecule has 0 aliphatic carbocycles. The monoisotopic (exact) mass is 842 g/mol. The molecule has 0 aliphatic heterocycles. The zero-order valence-corrected chi connectivity index (χ0v) is 37.1. The lowest BCUT2D eigenvalue weighted by molar-refractivity contribution is 0.886. The Labute approximate surface area is 381 Å². The average Bonchev–Trinajstić information content (AvgIpc) is 3.81. The van der Waals surface area contributed by atoms with Crippen LogP contribution in [-0.2, 0) is 14.1 Å². The maximum atomic E-state index is 4.86. The van der Waals surface area contributed by atoms with Gasteiger partial charge in [-0.25, -0.2) is 9.97 Å². The minimum absolute atomic E-state index is 1.00. The van der Waals surface area contributed by atoms with E-state index in [1.54, 1.807) is 0 Å². The SMILES string of the molecule is Cc1nc2ccc(-c3cccc4c(-c5c6ccccc6c(-c6cc7cccc8ccc9cccc6c9c87)c6ccccc56)c5cccc(-c6ccc7nc(C)n(C)c7c6)c5cc34)cc2n1C. The highest BCUT2D eigenvalue weighted by atomic mass is 15.1. The molecule has 14 rings (SSSR count). The fourth-order valence-electron chi connectivity index (χ4n) is 11.6. The van der Waals surface area contributed by atoms with Gasteiger partial charge in [0.2, 0.25) is 0 Å². The highest BCUT2D eigenvalue weighted by Gasteiger charge is 2.24. The van der Waals surface area contributed by atoms with Crippen molar-refractivity contribution in [2.75, 3.05) is 0 Å². The van der Waals surface area contributed by atoms with Gasteiger partial charge in [-0.2, -0.15) is 0 Å². The van der Waals surface area contributed by atoms with E-state index in [0.29, 0.717) is 0 Å². The summed E-state index contributed by atoms with van der Waals surface area (Å²) in [4.78, 5) is 9.72. The largest absolute Gasteiger partial charge is 0.331 e. The van der Waals surface area contributed by atoms with Crippen molar-refractivity contribution in [1.82, 2.24) is 19.1 Å². The lowest BCUT2D eigenvalue weighted by atomic mass is 9.80. The molecule has 2 aromatic heterocycles. The van der Waals surface area contributed by atoms with Crippen molar-refractivity contribution in [2.24, 2.45) is 14.1 Å². The van der Waals surface area contributed by atoms with Crippen molar-refractivity contribution >= 4 is 97.5 Å². The van der Waals surface area contributed by atoms with E-state index >= 15 is 0 Å². The van der Waals surface area contributed by atoms with Gasteiger partial charge in [0.15, 0.2) is 0 Å². The second-order valence-corrected chi connectivity index (χ2v) is 18.2. The summed E-state index contributed by atoms with van der Waals surface area (Å²) in [5.41, 5.74) is 14.0. The summed E-state index contributed by atoms with van der Waals surface area (Å²) in [6, 6.07) is 68.5. The van der Waals surface area contributed by atoms with E-state index in [1.807, 2.05) is 0 Å².